The second-order valence-corrected chi connectivity index (χ2v) is 5.36. The minimum Gasteiger partial charge on any atom is -0.393 e. The van der Waals surface area contributed by atoms with Gasteiger partial charge in [0.05, 0.1) is 12.2 Å². The van der Waals surface area contributed by atoms with Crippen LogP contribution in [0.2, 0.25) is 0 Å². The molecule has 0 aromatic rings. The van der Waals surface area contributed by atoms with Crippen LogP contribution in [-0.4, -0.2) is 23.9 Å². The van der Waals surface area contributed by atoms with Crippen molar-refractivity contribution >= 4 is 0 Å². The first-order valence-corrected chi connectivity index (χ1v) is 6.39. The molecule has 0 aromatic heterocycles. The summed E-state index contributed by atoms with van der Waals surface area (Å²) in [6.45, 7) is 7.40. The fourth-order valence-corrected chi connectivity index (χ4v) is 2.51. The molecule has 1 rings (SSSR count). The Morgan fingerprint density at radius 3 is 2.53 bits per heavy atom. The number of aliphatic hydroxyl groups excluding tert-OH is 1. The fourth-order valence-electron chi connectivity index (χ4n) is 2.51. The molecule has 0 radical (unpaired) electrons. The predicted molar refractivity (Wildman–Crippen MR) is 62.8 cm³/mol. The minimum absolute atomic E-state index is 0.0611. The molecule has 90 valence electrons. The van der Waals surface area contributed by atoms with Crippen LogP contribution in [0, 0.1) is 11.8 Å². The number of aliphatic hydroxyl groups is 1. The van der Waals surface area contributed by atoms with Gasteiger partial charge in [0.25, 0.3) is 0 Å². The van der Waals surface area contributed by atoms with Crippen molar-refractivity contribution in [3.05, 3.63) is 0 Å². The first-order chi connectivity index (χ1) is 7.09. The normalized spacial score (nSPS) is 28.6. The summed E-state index contributed by atoms with van der Waals surface area (Å²) in [7, 11) is 0. The number of hydrogen-bond donors (Lipinski definition) is 1. The molecular formula is C13H26O2. The van der Waals surface area contributed by atoms with Crippen molar-refractivity contribution in [1.82, 2.24) is 0 Å². The molecule has 2 heteroatoms. The zero-order chi connectivity index (χ0) is 11.3. The summed E-state index contributed by atoms with van der Waals surface area (Å²) in [6, 6.07) is 0. The first kappa shape index (κ1) is 13.0. The monoisotopic (exact) mass is 214 g/mol. The lowest BCUT2D eigenvalue weighted by Gasteiger charge is -2.18. The zero-order valence-corrected chi connectivity index (χ0v) is 10.4. The lowest BCUT2D eigenvalue weighted by Crippen LogP contribution is -2.18. The molecule has 3 unspecified atom stereocenters. The van der Waals surface area contributed by atoms with Gasteiger partial charge < -0.3 is 9.84 Å². The van der Waals surface area contributed by atoms with Crippen LogP contribution in [0.15, 0.2) is 0 Å². The van der Waals surface area contributed by atoms with Gasteiger partial charge in [-0.25, -0.2) is 0 Å². The van der Waals surface area contributed by atoms with Gasteiger partial charge in [-0.2, -0.15) is 0 Å². The van der Waals surface area contributed by atoms with E-state index < -0.39 is 0 Å². The Bertz CT molecular complexity index is 168. The van der Waals surface area contributed by atoms with Crippen LogP contribution in [0.5, 0.6) is 0 Å². The maximum absolute atomic E-state index is 9.64. The largest absolute Gasteiger partial charge is 0.393 e. The number of hydrogen-bond acceptors (Lipinski definition) is 2. The Kier molecular flexibility index (Phi) is 5.62. The zero-order valence-electron chi connectivity index (χ0n) is 10.4. The number of rotatable bonds is 6. The summed E-state index contributed by atoms with van der Waals surface area (Å²) in [6.07, 6.45) is 5.83. The van der Waals surface area contributed by atoms with E-state index in [2.05, 4.69) is 20.8 Å². The van der Waals surface area contributed by atoms with Gasteiger partial charge in [0.2, 0.25) is 0 Å². The van der Waals surface area contributed by atoms with Crippen molar-refractivity contribution in [2.75, 3.05) is 6.61 Å². The highest BCUT2D eigenvalue weighted by atomic mass is 16.5. The molecule has 0 spiro atoms. The van der Waals surface area contributed by atoms with E-state index in [1.54, 1.807) is 0 Å². The fraction of sp³-hybridized carbons (Fsp3) is 1.00. The van der Waals surface area contributed by atoms with Gasteiger partial charge in [-0.15, -0.1) is 0 Å². The van der Waals surface area contributed by atoms with Crippen molar-refractivity contribution in [2.24, 2.45) is 11.8 Å². The molecular weight excluding hydrogens is 188 g/mol. The van der Waals surface area contributed by atoms with Gasteiger partial charge in [0, 0.05) is 6.61 Å². The highest BCUT2D eigenvalue weighted by molar-refractivity contribution is 4.76. The predicted octanol–water partition coefficient (Wildman–Crippen LogP) is 2.99. The Morgan fingerprint density at radius 1 is 1.27 bits per heavy atom. The van der Waals surface area contributed by atoms with E-state index in [-0.39, 0.29) is 6.10 Å². The minimum atomic E-state index is -0.0611. The van der Waals surface area contributed by atoms with Gasteiger partial charge in [-0.1, -0.05) is 20.3 Å². The van der Waals surface area contributed by atoms with Gasteiger partial charge in [-0.3, -0.25) is 0 Å². The topological polar surface area (TPSA) is 29.5 Å². The first-order valence-electron chi connectivity index (χ1n) is 6.39. The van der Waals surface area contributed by atoms with E-state index in [0.29, 0.717) is 17.9 Å². The maximum atomic E-state index is 9.64. The van der Waals surface area contributed by atoms with Gasteiger partial charge in [-0.05, 0) is 44.4 Å². The lowest BCUT2D eigenvalue weighted by atomic mass is 10.0. The molecule has 3 atom stereocenters. The summed E-state index contributed by atoms with van der Waals surface area (Å²) in [5, 5.41) is 9.64. The molecule has 2 nitrogen and oxygen atoms in total. The average Bonchev–Trinajstić information content (AvgIpc) is 2.50. The highest BCUT2D eigenvalue weighted by Gasteiger charge is 2.24. The third-order valence-electron chi connectivity index (χ3n) is 3.31. The van der Waals surface area contributed by atoms with Crippen molar-refractivity contribution in [3.63, 3.8) is 0 Å². The van der Waals surface area contributed by atoms with E-state index >= 15 is 0 Å². The quantitative estimate of drug-likeness (QED) is 0.736. The molecule has 0 heterocycles. The molecule has 0 amide bonds. The molecule has 0 bridgehead atoms. The van der Waals surface area contributed by atoms with Crippen LogP contribution in [0.1, 0.15) is 52.9 Å². The second kappa shape index (κ2) is 6.49. The highest BCUT2D eigenvalue weighted by Crippen LogP contribution is 2.28. The Labute approximate surface area is 94.0 Å². The molecule has 0 aromatic carbocycles. The lowest BCUT2D eigenvalue weighted by molar-refractivity contribution is 0.0306. The van der Waals surface area contributed by atoms with Crippen LogP contribution in [0.25, 0.3) is 0 Å². The Morgan fingerprint density at radius 2 is 2.00 bits per heavy atom. The van der Waals surface area contributed by atoms with Crippen molar-refractivity contribution in [3.8, 4) is 0 Å². The molecule has 0 aliphatic heterocycles. The van der Waals surface area contributed by atoms with Crippen LogP contribution in [-0.2, 0) is 4.74 Å². The smallest absolute Gasteiger partial charge is 0.0569 e. The van der Waals surface area contributed by atoms with E-state index in [1.165, 1.54) is 12.8 Å². The maximum Gasteiger partial charge on any atom is 0.0569 e. The molecule has 15 heavy (non-hydrogen) atoms. The third-order valence-corrected chi connectivity index (χ3v) is 3.31. The third kappa shape index (κ3) is 4.98. The summed E-state index contributed by atoms with van der Waals surface area (Å²) in [4.78, 5) is 0. The van der Waals surface area contributed by atoms with Crippen molar-refractivity contribution in [1.29, 1.82) is 0 Å². The van der Waals surface area contributed by atoms with Gasteiger partial charge in [0.1, 0.15) is 0 Å². The summed E-state index contributed by atoms with van der Waals surface area (Å²) in [5.41, 5.74) is 0. The van der Waals surface area contributed by atoms with Crippen LogP contribution in [0.4, 0.5) is 0 Å². The average molecular weight is 214 g/mol. The Balaban J connectivity index is 2.05. The van der Waals surface area contributed by atoms with Crippen LogP contribution >= 0.6 is 0 Å². The SMILES string of the molecule is CC(C)CC(C)OCCC1CCCC1O. The molecule has 1 fully saturated rings. The molecule has 1 N–H and O–H groups in total. The summed E-state index contributed by atoms with van der Waals surface area (Å²) < 4.78 is 5.75. The van der Waals surface area contributed by atoms with Gasteiger partial charge in [0.15, 0.2) is 0 Å². The van der Waals surface area contributed by atoms with Crippen molar-refractivity contribution < 1.29 is 9.84 Å². The summed E-state index contributed by atoms with van der Waals surface area (Å²) in [5.74, 6) is 1.20. The van der Waals surface area contributed by atoms with E-state index in [0.717, 1.165) is 25.9 Å². The molecule has 1 aliphatic rings. The molecule has 1 saturated carbocycles. The number of ether oxygens (including phenoxy) is 1. The molecule has 1 aliphatic carbocycles. The van der Waals surface area contributed by atoms with E-state index in [1.807, 2.05) is 0 Å². The molecule has 0 saturated heterocycles. The van der Waals surface area contributed by atoms with Crippen LogP contribution < -0.4 is 0 Å². The van der Waals surface area contributed by atoms with Crippen molar-refractivity contribution in [2.45, 2.75) is 65.1 Å². The Hall–Kier alpha value is -0.0800. The second-order valence-electron chi connectivity index (χ2n) is 5.36. The van der Waals surface area contributed by atoms with E-state index in [4.69, 9.17) is 4.74 Å². The summed E-state index contributed by atoms with van der Waals surface area (Å²) >= 11 is 0. The standard InChI is InChI=1S/C13H26O2/c1-10(2)9-11(3)15-8-7-12-5-4-6-13(12)14/h10-14H,4-9H2,1-3H3. The van der Waals surface area contributed by atoms with Crippen LogP contribution in [0.3, 0.4) is 0 Å². The van der Waals surface area contributed by atoms with Gasteiger partial charge >= 0.3 is 0 Å². The van der Waals surface area contributed by atoms with E-state index in [9.17, 15) is 5.11 Å².